The van der Waals surface area contributed by atoms with E-state index in [-0.39, 0.29) is 5.84 Å². The Bertz CT molecular complexity index is 549. The maximum absolute atomic E-state index is 8.51. The lowest BCUT2D eigenvalue weighted by atomic mass is 10.3. The Morgan fingerprint density at radius 3 is 2.61 bits per heavy atom. The number of pyridine rings is 2. The van der Waals surface area contributed by atoms with Gasteiger partial charge in [0.1, 0.15) is 5.75 Å². The third-order valence-corrected chi connectivity index (χ3v) is 2.25. The molecule has 0 spiro atoms. The van der Waals surface area contributed by atoms with Gasteiger partial charge in [-0.1, -0.05) is 5.16 Å². The highest BCUT2D eigenvalue weighted by Crippen LogP contribution is 2.18. The minimum Gasteiger partial charge on any atom is -0.437 e. The van der Waals surface area contributed by atoms with Gasteiger partial charge in [-0.3, -0.25) is 4.98 Å². The van der Waals surface area contributed by atoms with Gasteiger partial charge in [-0.25, -0.2) is 4.98 Å². The molecule has 0 aliphatic rings. The number of nitrogens with zero attached hydrogens (tertiary/aromatic N) is 3. The van der Waals surface area contributed by atoms with Crippen molar-refractivity contribution in [3.05, 3.63) is 47.9 Å². The van der Waals surface area contributed by atoms with Crippen molar-refractivity contribution >= 4 is 5.84 Å². The largest absolute Gasteiger partial charge is 0.437 e. The summed E-state index contributed by atoms with van der Waals surface area (Å²) in [5.74, 6) is 1.02. The molecular weight excluding hydrogens is 232 g/mol. The van der Waals surface area contributed by atoms with Crippen molar-refractivity contribution in [3.63, 3.8) is 0 Å². The first kappa shape index (κ1) is 11.8. The summed E-state index contributed by atoms with van der Waals surface area (Å²) < 4.78 is 5.48. The molecule has 0 aliphatic carbocycles. The molecule has 6 nitrogen and oxygen atoms in total. The number of hydrogen-bond acceptors (Lipinski definition) is 5. The Morgan fingerprint density at radius 1 is 1.22 bits per heavy atom. The summed E-state index contributed by atoms with van der Waals surface area (Å²) >= 11 is 0. The molecule has 0 aromatic carbocycles. The smallest absolute Gasteiger partial charge is 0.219 e. The van der Waals surface area contributed by atoms with Crippen molar-refractivity contribution in [2.24, 2.45) is 10.9 Å². The number of aryl methyl sites for hydroxylation is 1. The number of rotatable bonds is 3. The Balaban J connectivity index is 2.13. The van der Waals surface area contributed by atoms with E-state index in [0.717, 1.165) is 5.69 Å². The lowest BCUT2D eigenvalue weighted by Crippen LogP contribution is -2.13. The summed E-state index contributed by atoms with van der Waals surface area (Å²) in [6, 6.07) is 6.94. The van der Waals surface area contributed by atoms with Gasteiger partial charge in [0.15, 0.2) is 5.84 Å². The minimum absolute atomic E-state index is 0.00560. The molecule has 0 unspecified atom stereocenters. The number of ether oxygens (including phenoxy) is 1. The summed E-state index contributed by atoms with van der Waals surface area (Å²) in [6.07, 6.45) is 3.08. The predicted octanol–water partition coefficient (Wildman–Crippen LogP) is 1.67. The molecule has 0 radical (unpaired) electrons. The molecular formula is C12H12N4O2. The monoisotopic (exact) mass is 244 g/mol. The van der Waals surface area contributed by atoms with Crippen LogP contribution < -0.4 is 10.5 Å². The van der Waals surface area contributed by atoms with Gasteiger partial charge in [-0.2, -0.15) is 0 Å². The van der Waals surface area contributed by atoms with Gasteiger partial charge < -0.3 is 15.7 Å². The molecule has 92 valence electrons. The highest BCUT2D eigenvalue weighted by atomic mass is 16.5. The van der Waals surface area contributed by atoms with Crippen molar-refractivity contribution in [2.45, 2.75) is 6.92 Å². The second-order valence-corrected chi connectivity index (χ2v) is 3.61. The third-order valence-electron chi connectivity index (χ3n) is 2.25. The van der Waals surface area contributed by atoms with E-state index in [4.69, 9.17) is 15.7 Å². The number of amidine groups is 1. The van der Waals surface area contributed by atoms with E-state index in [1.165, 1.54) is 6.20 Å². The van der Waals surface area contributed by atoms with Crippen LogP contribution >= 0.6 is 0 Å². The Labute approximate surface area is 104 Å². The van der Waals surface area contributed by atoms with Crippen LogP contribution in [0.1, 0.15) is 11.3 Å². The number of nitrogens with two attached hydrogens (primary N) is 1. The van der Waals surface area contributed by atoms with Crippen LogP contribution in [0.15, 0.2) is 41.8 Å². The van der Waals surface area contributed by atoms with Gasteiger partial charge in [-0.15, -0.1) is 0 Å². The fourth-order valence-electron chi connectivity index (χ4n) is 1.29. The van der Waals surface area contributed by atoms with Gasteiger partial charge >= 0.3 is 0 Å². The predicted molar refractivity (Wildman–Crippen MR) is 65.8 cm³/mol. The third kappa shape index (κ3) is 2.73. The van der Waals surface area contributed by atoms with Gasteiger partial charge in [-0.05, 0) is 25.1 Å². The Kier molecular flexibility index (Phi) is 3.38. The van der Waals surface area contributed by atoms with E-state index in [0.29, 0.717) is 17.2 Å². The standard InChI is InChI=1S/C12H12N4O2/c1-8-2-4-10(7-14-8)18-11-5-3-9(6-15-11)12(13)16-17/h2-7,17H,1H3,(H2,13,16). The number of hydrogen-bond donors (Lipinski definition) is 2. The lowest BCUT2D eigenvalue weighted by molar-refractivity contribution is 0.318. The normalized spacial score (nSPS) is 11.3. The average Bonchev–Trinajstić information content (AvgIpc) is 2.41. The van der Waals surface area contributed by atoms with Crippen LogP contribution in [-0.4, -0.2) is 21.0 Å². The van der Waals surface area contributed by atoms with E-state index >= 15 is 0 Å². The quantitative estimate of drug-likeness (QED) is 0.371. The number of aromatic nitrogens is 2. The number of oxime groups is 1. The van der Waals surface area contributed by atoms with Crippen molar-refractivity contribution < 1.29 is 9.94 Å². The topological polar surface area (TPSA) is 93.6 Å². The Morgan fingerprint density at radius 2 is 2.06 bits per heavy atom. The molecule has 0 bridgehead atoms. The molecule has 3 N–H and O–H groups in total. The molecule has 0 aliphatic heterocycles. The zero-order valence-electron chi connectivity index (χ0n) is 9.74. The Hall–Kier alpha value is -2.63. The van der Waals surface area contributed by atoms with Gasteiger partial charge in [0.2, 0.25) is 5.88 Å². The molecule has 0 atom stereocenters. The van der Waals surface area contributed by atoms with Crippen LogP contribution in [0, 0.1) is 6.92 Å². The maximum Gasteiger partial charge on any atom is 0.219 e. The van der Waals surface area contributed by atoms with E-state index < -0.39 is 0 Å². The first-order valence-corrected chi connectivity index (χ1v) is 5.23. The van der Waals surface area contributed by atoms with Crippen LogP contribution in [0.4, 0.5) is 0 Å². The highest BCUT2D eigenvalue weighted by Gasteiger charge is 2.02. The van der Waals surface area contributed by atoms with Crippen molar-refractivity contribution in [1.29, 1.82) is 0 Å². The second kappa shape index (κ2) is 5.13. The molecule has 18 heavy (non-hydrogen) atoms. The zero-order chi connectivity index (χ0) is 13.0. The van der Waals surface area contributed by atoms with Crippen LogP contribution in [0.2, 0.25) is 0 Å². The summed E-state index contributed by atoms with van der Waals surface area (Å²) in [5.41, 5.74) is 6.86. The summed E-state index contributed by atoms with van der Waals surface area (Å²) in [6.45, 7) is 1.90. The lowest BCUT2D eigenvalue weighted by Gasteiger charge is -2.05. The van der Waals surface area contributed by atoms with E-state index in [2.05, 4.69) is 15.1 Å². The summed E-state index contributed by atoms with van der Waals surface area (Å²) in [5, 5.41) is 11.4. The second-order valence-electron chi connectivity index (χ2n) is 3.61. The van der Waals surface area contributed by atoms with Gasteiger partial charge in [0, 0.05) is 23.5 Å². The van der Waals surface area contributed by atoms with E-state index in [1.807, 2.05) is 19.1 Å². The minimum atomic E-state index is 0.00560. The molecule has 0 fully saturated rings. The van der Waals surface area contributed by atoms with Gasteiger partial charge in [0.05, 0.1) is 6.20 Å². The first-order valence-electron chi connectivity index (χ1n) is 5.23. The summed E-state index contributed by atoms with van der Waals surface area (Å²) in [7, 11) is 0. The van der Waals surface area contributed by atoms with E-state index in [1.54, 1.807) is 18.3 Å². The average molecular weight is 244 g/mol. The van der Waals surface area contributed by atoms with Crippen LogP contribution in [0.5, 0.6) is 11.6 Å². The van der Waals surface area contributed by atoms with Crippen molar-refractivity contribution in [1.82, 2.24) is 9.97 Å². The first-order chi connectivity index (χ1) is 8.69. The fourth-order valence-corrected chi connectivity index (χ4v) is 1.29. The SMILES string of the molecule is Cc1ccc(Oc2ccc(C(N)=NO)cn2)cn1. The summed E-state index contributed by atoms with van der Waals surface area (Å²) in [4.78, 5) is 8.15. The van der Waals surface area contributed by atoms with E-state index in [9.17, 15) is 0 Å². The molecule has 2 aromatic heterocycles. The van der Waals surface area contributed by atoms with Crippen molar-refractivity contribution in [3.8, 4) is 11.6 Å². The molecule has 2 aromatic rings. The molecule has 2 rings (SSSR count). The fraction of sp³-hybridized carbons (Fsp3) is 0.0833. The van der Waals surface area contributed by atoms with Gasteiger partial charge in [0.25, 0.3) is 0 Å². The molecule has 0 amide bonds. The molecule has 0 saturated heterocycles. The maximum atomic E-state index is 8.51. The molecule has 6 heteroatoms. The molecule has 2 heterocycles. The zero-order valence-corrected chi connectivity index (χ0v) is 9.74. The van der Waals surface area contributed by atoms with Crippen LogP contribution in [-0.2, 0) is 0 Å². The highest BCUT2D eigenvalue weighted by molar-refractivity contribution is 5.96. The van der Waals surface area contributed by atoms with Crippen LogP contribution in [0.3, 0.4) is 0 Å². The van der Waals surface area contributed by atoms with Crippen molar-refractivity contribution in [2.75, 3.05) is 0 Å². The molecule has 0 saturated carbocycles. The van der Waals surface area contributed by atoms with Crippen LogP contribution in [0.25, 0.3) is 0 Å².